The van der Waals surface area contributed by atoms with Gasteiger partial charge in [0, 0.05) is 11.8 Å². The quantitative estimate of drug-likeness (QED) is 0.909. The maximum Gasteiger partial charge on any atom is 0.307 e. The Labute approximate surface area is 142 Å². The number of aryl methyl sites for hydroxylation is 1. The summed E-state index contributed by atoms with van der Waals surface area (Å²) in [6, 6.07) is 16.5. The zero-order valence-corrected chi connectivity index (χ0v) is 13.9. The van der Waals surface area contributed by atoms with Gasteiger partial charge in [-0.3, -0.25) is 4.79 Å². The van der Waals surface area contributed by atoms with Crippen molar-refractivity contribution in [2.75, 3.05) is 6.61 Å². The average Bonchev–Trinajstić information content (AvgIpc) is 3.01. The summed E-state index contributed by atoms with van der Waals surface area (Å²) >= 11 is 0. The molecular weight excluding hydrogens is 300 g/mol. The van der Waals surface area contributed by atoms with Gasteiger partial charge in [0.15, 0.2) is 0 Å². The van der Waals surface area contributed by atoms with E-state index in [4.69, 9.17) is 4.74 Å². The summed E-state index contributed by atoms with van der Waals surface area (Å²) in [5, 5.41) is 9.43. The summed E-state index contributed by atoms with van der Waals surface area (Å²) in [6.45, 7) is 2.72. The predicted molar refractivity (Wildman–Crippen MR) is 92.4 cm³/mol. The molecule has 24 heavy (non-hydrogen) atoms. The van der Waals surface area contributed by atoms with Gasteiger partial charge >= 0.3 is 5.97 Å². The summed E-state index contributed by atoms with van der Waals surface area (Å²) in [6.07, 6.45) is 2.80. The van der Waals surface area contributed by atoms with Crippen LogP contribution in [0.25, 0.3) is 0 Å². The average molecular weight is 322 g/mol. The van der Waals surface area contributed by atoms with Crippen LogP contribution in [-0.2, 0) is 23.1 Å². The molecule has 1 N–H and O–H groups in total. The van der Waals surface area contributed by atoms with E-state index >= 15 is 0 Å². The molecule has 124 valence electrons. The van der Waals surface area contributed by atoms with Gasteiger partial charge in [-0.05, 0) is 47.6 Å². The van der Waals surface area contributed by atoms with Crippen LogP contribution < -0.4 is 4.74 Å². The fourth-order valence-electron chi connectivity index (χ4n) is 4.59. The highest BCUT2D eigenvalue weighted by Gasteiger charge is 2.68. The number of carboxylic acid groups (broad SMARTS) is 1. The minimum absolute atomic E-state index is 0.121. The summed E-state index contributed by atoms with van der Waals surface area (Å²) in [5.41, 5.74) is 3.65. The highest BCUT2D eigenvalue weighted by molar-refractivity contribution is 5.79. The third-order valence-corrected chi connectivity index (χ3v) is 5.91. The second-order valence-corrected chi connectivity index (χ2v) is 7.05. The molecule has 2 aliphatic carbocycles. The molecule has 0 radical (unpaired) electrons. The zero-order valence-electron chi connectivity index (χ0n) is 13.9. The Morgan fingerprint density at radius 1 is 1.25 bits per heavy atom. The first kappa shape index (κ1) is 15.3. The maximum absolute atomic E-state index is 11.5. The molecule has 1 saturated carbocycles. The minimum atomic E-state index is -0.654. The first-order chi connectivity index (χ1) is 11.6. The third kappa shape index (κ3) is 2.31. The first-order valence-electron chi connectivity index (χ1n) is 8.66. The van der Waals surface area contributed by atoms with E-state index in [2.05, 4.69) is 31.2 Å². The first-order valence-corrected chi connectivity index (χ1v) is 8.66. The lowest BCUT2D eigenvalue weighted by atomic mass is 9.94. The highest BCUT2D eigenvalue weighted by Crippen LogP contribution is 2.66. The number of hydrogen-bond acceptors (Lipinski definition) is 2. The van der Waals surface area contributed by atoms with Crippen molar-refractivity contribution in [3.8, 4) is 5.75 Å². The number of benzene rings is 2. The fraction of sp³-hybridized carbons (Fsp3) is 0.381. The van der Waals surface area contributed by atoms with E-state index in [9.17, 15) is 9.90 Å². The van der Waals surface area contributed by atoms with Crippen LogP contribution in [0.2, 0.25) is 0 Å². The van der Waals surface area contributed by atoms with Crippen molar-refractivity contribution in [1.82, 2.24) is 0 Å². The minimum Gasteiger partial charge on any atom is -0.493 e. The number of carbonyl (C=O) groups is 1. The van der Waals surface area contributed by atoms with E-state index in [0.717, 1.165) is 25.0 Å². The van der Waals surface area contributed by atoms with Gasteiger partial charge in [0.2, 0.25) is 0 Å². The lowest BCUT2D eigenvalue weighted by molar-refractivity contribution is -0.139. The normalized spacial score (nSPS) is 27.0. The van der Waals surface area contributed by atoms with E-state index in [0.29, 0.717) is 6.61 Å². The number of carboxylic acids is 1. The SMILES string of the molecule is CC1C(C(=O)O)C12CCc1cc(OCCc3ccccc3)ccc12. The molecule has 3 unspecified atom stereocenters. The number of hydrogen-bond donors (Lipinski definition) is 1. The summed E-state index contributed by atoms with van der Waals surface area (Å²) in [5.74, 6) is 0.255. The number of rotatable bonds is 5. The van der Waals surface area contributed by atoms with Gasteiger partial charge in [0.1, 0.15) is 5.75 Å². The number of aliphatic carboxylic acids is 1. The molecule has 1 fully saturated rings. The highest BCUT2D eigenvalue weighted by atomic mass is 16.5. The zero-order chi connectivity index (χ0) is 16.7. The maximum atomic E-state index is 11.5. The van der Waals surface area contributed by atoms with Crippen molar-refractivity contribution in [2.24, 2.45) is 11.8 Å². The van der Waals surface area contributed by atoms with Crippen molar-refractivity contribution in [1.29, 1.82) is 0 Å². The van der Waals surface area contributed by atoms with Gasteiger partial charge < -0.3 is 9.84 Å². The second kappa shape index (κ2) is 5.66. The molecule has 0 aliphatic heterocycles. The van der Waals surface area contributed by atoms with E-state index in [1.807, 2.05) is 24.3 Å². The van der Waals surface area contributed by atoms with Crippen LogP contribution in [0.3, 0.4) is 0 Å². The monoisotopic (exact) mass is 322 g/mol. The Kier molecular flexibility index (Phi) is 3.60. The van der Waals surface area contributed by atoms with Crippen molar-refractivity contribution < 1.29 is 14.6 Å². The molecule has 2 aliphatic rings. The van der Waals surface area contributed by atoms with Crippen LogP contribution in [0, 0.1) is 11.8 Å². The van der Waals surface area contributed by atoms with E-state index in [-0.39, 0.29) is 17.3 Å². The van der Waals surface area contributed by atoms with Crippen LogP contribution in [0.1, 0.15) is 30.0 Å². The summed E-state index contributed by atoms with van der Waals surface area (Å²) < 4.78 is 5.91. The topological polar surface area (TPSA) is 46.5 Å². The van der Waals surface area contributed by atoms with Crippen molar-refractivity contribution in [3.05, 3.63) is 65.2 Å². The van der Waals surface area contributed by atoms with E-state index in [1.165, 1.54) is 16.7 Å². The molecule has 4 rings (SSSR count). The molecule has 0 aromatic heterocycles. The molecule has 3 nitrogen and oxygen atoms in total. The van der Waals surface area contributed by atoms with Crippen molar-refractivity contribution in [3.63, 3.8) is 0 Å². The molecule has 0 heterocycles. The number of ether oxygens (including phenoxy) is 1. The van der Waals surface area contributed by atoms with Crippen LogP contribution >= 0.6 is 0 Å². The molecule has 3 heteroatoms. The van der Waals surface area contributed by atoms with Crippen LogP contribution in [0.4, 0.5) is 0 Å². The molecule has 0 saturated heterocycles. The molecule has 3 atom stereocenters. The third-order valence-electron chi connectivity index (χ3n) is 5.91. The van der Waals surface area contributed by atoms with Crippen LogP contribution in [0.15, 0.2) is 48.5 Å². The number of fused-ring (bicyclic) bond motifs is 2. The lowest BCUT2D eigenvalue weighted by Crippen LogP contribution is -2.11. The van der Waals surface area contributed by atoms with Crippen molar-refractivity contribution >= 4 is 5.97 Å². The summed E-state index contributed by atoms with van der Waals surface area (Å²) in [4.78, 5) is 11.5. The van der Waals surface area contributed by atoms with Gasteiger partial charge in [-0.15, -0.1) is 0 Å². The molecule has 2 aromatic rings. The lowest BCUT2D eigenvalue weighted by Gasteiger charge is -2.12. The predicted octanol–water partition coefficient (Wildman–Crippen LogP) is 3.84. The molecule has 2 aromatic carbocycles. The van der Waals surface area contributed by atoms with Crippen LogP contribution in [0.5, 0.6) is 5.75 Å². The molecular formula is C21H22O3. The van der Waals surface area contributed by atoms with Gasteiger partial charge in [-0.25, -0.2) is 0 Å². The standard InChI is InChI=1S/C21H22O3/c1-14-19(20(22)23)21(14)11-9-16-13-17(7-8-18(16)21)24-12-10-15-5-3-2-4-6-15/h2-8,13-14,19H,9-12H2,1H3,(H,22,23). The second-order valence-electron chi connectivity index (χ2n) is 7.05. The molecule has 1 spiro atoms. The summed E-state index contributed by atoms with van der Waals surface area (Å²) in [7, 11) is 0. The van der Waals surface area contributed by atoms with E-state index < -0.39 is 5.97 Å². The van der Waals surface area contributed by atoms with Gasteiger partial charge in [-0.2, -0.15) is 0 Å². The van der Waals surface area contributed by atoms with Crippen LogP contribution in [-0.4, -0.2) is 17.7 Å². The largest absolute Gasteiger partial charge is 0.493 e. The Morgan fingerprint density at radius 3 is 2.75 bits per heavy atom. The Bertz CT molecular complexity index is 768. The van der Waals surface area contributed by atoms with Gasteiger partial charge in [0.05, 0.1) is 12.5 Å². The Balaban J connectivity index is 1.45. The smallest absolute Gasteiger partial charge is 0.307 e. The van der Waals surface area contributed by atoms with E-state index in [1.54, 1.807) is 0 Å². The van der Waals surface area contributed by atoms with Gasteiger partial charge in [-0.1, -0.05) is 43.3 Å². The fourth-order valence-corrected chi connectivity index (χ4v) is 4.59. The molecule has 0 amide bonds. The van der Waals surface area contributed by atoms with Crippen molar-refractivity contribution in [2.45, 2.75) is 31.6 Å². The molecule has 0 bridgehead atoms. The van der Waals surface area contributed by atoms with Gasteiger partial charge in [0.25, 0.3) is 0 Å². The Morgan fingerprint density at radius 2 is 2.04 bits per heavy atom. The Hall–Kier alpha value is -2.29.